The van der Waals surface area contributed by atoms with E-state index in [4.69, 9.17) is 0 Å². The maximum atomic E-state index is 10.9. The number of nitrogens with one attached hydrogen (secondary N) is 1. The molecule has 0 aliphatic carbocycles. The van der Waals surface area contributed by atoms with Crippen LogP contribution >= 0.6 is 0 Å². The van der Waals surface area contributed by atoms with Crippen molar-refractivity contribution in [3.05, 3.63) is 23.9 Å². The quantitative estimate of drug-likeness (QED) is 0.849. The third-order valence-electron chi connectivity index (χ3n) is 3.69. The lowest BCUT2D eigenvalue weighted by Gasteiger charge is -2.22. The highest BCUT2D eigenvalue weighted by Crippen LogP contribution is 2.11. The molecular weight excluding hydrogens is 252 g/mol. The molecule has 1 N–H and O–H groups in total. The number of carbonyl (C=O) groups is 1. The molecule has 0 atom stereocenters. The first-order valence-corrected chi connectivity index (χ1v) is 7.28. The minimum absolute atomic E-state index is 0.0168. The van der Waals surface area contributed by atoms with Gasteiger partial charge in [0.05, 0.1) is 0 Å². The summed E-state index contributed by atoms with van der Waals surface area (Å²) in [5.41, 5.74) is 1.02. The second-order valence-corrected chi connectivity index (χ2v) is 5.40. The zero-order chi connectivity index (χ0) is 14.4. The number of carbonyl (C=O) groups excluding carboxylic acids is 1. The fourth-order valence-electron chi connectivity index (χ4n) is 2.39. The largest absolute Gasteiger partial charge is 0.358 e. The number of pyridine rings is 1. The van der Waals surface area contributed by atoms with Gasteiger partial charge in [-0.25, -0.2) is 4.98 Å². The molecule has 1 saturated heterocycles. The van der Waals surface area contributed by atoms with E-state index in [9.17, 15) is 4.79 Å². The van der Waals surface area contributed by atoms with Gasteiger partial charge in [-0.3, -0.25) is 4.79 Å². The van der Waals surface area contributed by atoms with E-state index in [-0.39, 0.29) is 5.91 Å². The van der Waals surface area contributed by atoms with E-state index in [1.54, 1.807) is 0 Å². The minimum Gasteiger partial charge on any atom is -0.358 e. The molecule has 1 fully saturated rings. The Morgan fingerprint density at radius 2 is 2.15 bits per heavy atom. The highest BCUT2D eigenvalue weighted by Gasteiger charge is 2.12. The third-order valence-corrected chi connectivity index (χ3v) is 3.69. The van der Waals surface area contributed by atoms with Gasteiger partial charge >= 0.3 is 0 Å². The summed E-state index contributed by atoms with van der Waals surface area (Å²) >= 11 is 0. The van der Waals surface area contributed by atoms with E-state index in [2.05, 4.69) is 27.1 Å². The van der Waals surface area contributed by atoms with Crippen LogP contribution in [0.1, 0.15) is 25.3 Å². The van der Waals surface area contributed by atoms with Crippen LogP contribution < -0.4 is 10.2 Å². The summed E-state index contributed by atoms with van der Waals surface area (Å²) < 4.78 is 0. The van der Waals surface area contributed by atoms with Crippen LogP contribution in [-0.2, 0) is 11.3 Å². The van der Waals surface area contributed by atoms with Crippen LogP contribution in [0.25, 0.3) is 0 Å². The van der Waals surface area contributed by atoms with E-state index in [0.29, 0.717) is 6.54 Å². The van der Waals surface area contributed by atoms with Crippen LogP contribution in [0.15, 0.2) is 18.3 Å². The monoisotopic (exact) mass is 276 g/mol. The van der Waals surface area contributed by atoms with Gasteiger partial charge in [0.15, 0.2) is 0 Å². The summed E-state index contributed by atoms with van der Waals surface area (Å²) in [7, 11) is 2.08. The average molecular weight is 276 g/mol. The van der Waals surface area contributed by atoms with Gasteiger partial charge < -0.3 is 15.1 Å². The Hall–Kier alpha value is -1.62. The van der Waals surface area contributed by atoms with Crippen LogP contribution in [0, 0.1) is 0 Å². The summed E-state index contributed by atoms with van der Waals surface area (Å²) in [6.45, 7) is 6.63. The Morgan fingerprint density at radius 3 is 2.75 bits per heavy atom. The van der Waals surface area contributed by atoms with E-state index in [1.807, 2.05) is 18.3 Å². The lowest BCUT2D eigenvalue weighted by Crippen LogP contribution is -2.31. The van der Waals surface area contributed by atoms with Crippen molar-refractivity contribution in [2.75, 3.05) is 38.1 Å². The molecule has 2 heterocycles. The smallest absolute Gasteiger partial charge is 0.217 e. The van der Waals surface area contributed by atoms with Gasteiger partial charge in [-0.05, 0) is 37.6 Å². The number of likely N-dealkylation sites (tertiary alicyclic amines) is 1. The highest BCUT2D eigenvalue weighted by atomic mass is 16.1. The van der Waals surface area contributed by atoms with Crippen molar-refractivity contribution in [1.82, 2.24) is 15.2 Å². The first-order chi connectivity index (χ1) is 9.65. The van der Waals surface area contributed by atoms with Crippen LogP contribution in [0.5, 0.6) is 0 Å². The number of anilines is 1. The Labute approximate surface area is 121 Å². The summed E-state index contributed by atoms with van der Waals surface area (Å²) in [4.78, 5) is 20.0. The lowest BCUT2D eigenvalue weighted by atomic mass is 10.2. The molecule has 1 aromatic rings. The van der Waals surface area contributed by atoms with E-state index in [1.165, 1.54) is 32.9 Å². The average Bonchev–Trinajstić information content (AvgIpc) is 2.96. The molecule has 0 spiro atoms. The van der Waals surface area contributed by atoms with Crippen molar-refractivity contribution in [3.63, 3.8) is 0 Å². The number of rotatable bonds is 6. The van der Waals surface area contributed by atoms with Crippen molar-refractivity contribution in [2.24, 2.45) is 0 Å². The Morgan fingerprint density at radius 1 is 1.40 bits per heavy atom. The van der Waals surface area contributed by atoms with Gasteiger partial charge in [-0.1, -0.05) is 6.07 Å². The third kappa shape index (κ3) is 4.49. The second-order valence-electron chi connectivity index (χ2n) is 5.40. The van der Waals surface area contributed by atoms with E-state index >= 15 is 0 Å². The Bertz CT molecular complexity index is 426. The Balaban J connectivity index is 1.80. The van der Waals surface area contributed by atoms with Crippen LogP contribution in [0.2, 0.25) is 0 Å². The maximum absolute atomic E-state index is 10.9. The molecule has 2 rings (SSSR count). The topological polar surface area (TPSA) is 48.5 Å². The maximum Gasteiger partial charge on any atom is 0.217 e. The first-order valence-electron chi connectivity index (χ1n) is 7.28. The standard InChI is InChI=1S/C15H24N4O/c1-13(20)16-11-14-5-6-15(17-12-14)18(2)9-10-19-7-3-4-8-19/h5-6,12H,3-4,7-11H2,1-2H3,(H,16,20). The van der Waals surface area contributed by atoms with Gasteiger partial charge in [0.1, 0.15) is 5.82 Å². The molecule has 5 heteroatoms. The molecule has 110 valence electrons. The Kier molecular flexibility index (Phi) is 5.35. The van der Waals surface area contributed by atoms with Gasteiger partial charge in [0.25, 0.3) is 0 Å². The van der Waals surface area contributed by atoms with Crippen LogP contribution in [0.4, 0.5) is 5.82 Å². The number of likely N-dealkylation sites (N-methyl/N-ethyl adjacent to an activating group) is 1. The highest BCUT2D eigenvalue weighted by molar-refractivity contribution is 5.72. The molecule has 5 nitrogen and oxygen atoms in total. The molecule has 20 heavy (non-hydrogen) atoms. The summed E-state index contributed by atoms with van der Waals surface area (Å²) in [5, 5.41) is 2.77. The van der Waals surface area contributed by atoms with Gasteiger partial charge in [0, 0.05) is 39.8 Å². The molecule has 0 aromatic carbocycles. The predicted molar refractivity (Wildman–Crippen MR) is 80.7 cm³/mol. The predicted octanol–water partition coefficient (Wildman–Crippen LogP) is 1.25. The zero-order valence-electron chi connectivity index (χ0n) is 12.4. The van der Waals surface area contributed by atoms with E-state index < -0.39 is 0 Å². The second kappa shape index (κ2) is 7.24. The first kappa shape index (κ1) is 14.8. The lowest BCUT2D eigenvalue weighted by molar-refractivity contribution is -0.119. The summed E-state index contributed by atoms with van der Waals surface area (Å²) in [6.07, 6.45) is 4.50. The number of aromatic nitrogens is 1. The van der Waals surface area contributed by atoms with Crippen LogP contribution in [0.3, 0.4) is 0 Å². The van der Waals surface area contributed by atoms with Crippen molar-refractivity contribution < 1.29 is 4.79 Å². The molecule has 0 unspecified atom stereocenters. The van der Waals surface area contributed by atoms with Gasteiger partial charge in [0.2, 0.25) is 5.91 Å². The fourth-order valence-corrected chi connectivity index (χ4v) is 2.39. The fraction of sp³-hybridized carbons (Fsp3) is 0.600. The molecule has 1 aliphatic heterocycles. The van der Waals surface area contributed by atoms with Crippen molar-refractivity contribution in [2.45, 2.75) is 26.3 Å². The number of hydrogen-bond donors (Lipinski definition) is 1. The van der Waals surface area contributed by atoms with Gasteiger partial charge in [-0.2, -0.15) is 0 Å². The molecular formula is C15H24N4O. The summed E-state index contributed by atoms with van der Waals surface area (Å²) in [6, 6.07) is 4.03. The number of amides is 1. The van der Waals surface area contributed by atoms with Crippen LogP contribution in [-0.4, -0.2) is 49.0 Å². The molecule has 1 aliphatic rings. The normalized spacial score (nSPS) is 15.3. The zero-order valence-corrected chi connectivity index (χ0v) is 12.4. The number of hydrogen-bond acceptors (Lipinski definition) is 4. The summed E-state index contributed by atoms with van der Waals surface area (Å²) in [5.74, 6) is 0.965. The van der Waals surface area contributed by atoms with E-state index in [0.717, 1.165) is 24.5 Å². The minimum atomic E-state index is -0.0168. The van der Waals surface area contributed by atoms with Crippen molar-refractivity contribution in [1.29, 1.82) is 0 Å². The molecule has 0 saturated carbocycles. The van der Waals surface area contributed by atoms with Crippen molar-refractivity contribution in [3.8, 4) is 0 Å². The molecule has 0 bridgehead atoms. The van der Waals surface area contributed by atoms with Crippen molar-refractivity contribution >= 4 is 11.7 Å². The SMILES string of the molecule is CC(=O)NCc1ccc(N(C)CCN2CCCC2)nc1. The number of nitrogens with zero attached hydrogens (tertiary/aromatic N) is 3. The molecule has 1 aromatic heterocycles. The molecule has 0 radical (unpaired) electrons. The molecule has 1 amide bonds. The van der Waals surface area contributed by atoms with Gasteiger partial charge in [-0.15, -0.1) is 0 Å².